The third-order valence-electron chi connectivity index (χ3n) is 3.17. The second-order valence-corrected chi connectivity index (χ2v) is 5.95. The van der Waals surface area contributed by atoms with E-state index in [-0.39, 0.29) is 0 Å². The van der Waals surface area contributed by atoms with E-state index < -0.39 is 0 Å². The van der Waals surface area contributed by atoms with Gasteiger partial charge >= 0.3 is 0 Å². The number of rotatable bonds is 2. The Kier molecular flexibility index (Phi) is 4.08. The molecule has 1 atom stereocenters. The molecule has 0 spiro atoms. The number of hydrogen-bond acceptors (Lipinski definition) is 2. The maximum atomic E-state index is 3.66. The molecule has 1 aliphatic heterocycles. The Bertz CT molecular complexity index is 365. The van der Waals surface area contributed by atoms with Crippen molar-refractivity contribution >= 4 is 28.3 Å². The molecule has 16 heavy (non-hydrogen) atoms. The number of nitrogens with zero attached hydrogens (tertiary/aromatic N) is 1. The van der Waals surface area contributed by atoms with Gasteiger partial charge < -0.3 is 10.2 Å². The lowest BCUT2D eigenvalue weighted by Gasteiger charge is -2.31. The fraction of sp³-hybridized carbons (Fsp3) is 0.538. The second kappa shape index (κ2) is 5.36. The molecule has 0 bridgehead atoms. The summed E-state index contributed by atoms with van der Waals surface area (Å²) in [4.78, 5) is 2.41. The first-order valence-electron chi connectivity index (χ1n) is 5.86. The van der Waals surface area contributed by atoms with E-state index in [2.05, 4.69) is 65.0 Å². The lowest BCUT2D eigenvalue weighted by Crippen LogP contribution is -2.39. The molecule has 0 aliphatic carbocycles. The zero-order valence-electron chi connectivity index (χ0n) is 9.96. The molecule has 2 rings (SSSR count). The summed E-state index contributed by atoms with van der Waals surface area (Å²) in [5.41, 5.74) is 2.64. The van der Waals surface area contributed by atoms with E-state index in [4.69, 9.17) is 0 Å². The summed E-state index contributed by atoms with van der Waals surface area (Å²) in [5, 5.41) is 3.66. The number of anilines is 1. The third kappa shape index (κ3) is 3.10. The maximum Gasteiger partial charge on any atom is 0.0388 e. The summed E-state index contributed by atoms with van der Waals surface area (Å²) in [5.74, 6) is 0. The Hall–Kier alpha value is -0.290. The van der Waals surface area contributed by atoms with Gasteiger partial charge in [-0.05, 0) is 79.7 Å². The minimum atomic E-state index is 0.609. The first-order valence-corrected chi connectivity index (χ1v) is 6.94. The molecule has 0 saturated carbocycles. The van der Waals surface area contributed by atoms with Gasteiger partial charge in [0, 0.05) is 21.8 Å². The lowest BCUT2D eigenvalue weighted by molar-refractivity contribution is 0.261. The molecule has 1 unspecified atom stereocenters. The van der Waals surface area contributed by atoms with E-state index in [9.17, 15) is 0 Å². The molecule has 1 saturated heterocycles. The average Bonchev–Trinajstić information content (AvgIpc) is 2.22. The minimum absolute atomic E-state index is 0.609. The van der Waals surface area contributed by atoms with Crippen LogP contribution in [-0.4, -0.2) is 31.1 Å². The Morgan fingerprint density at radius 1 is 1.44 bits per heavy atom. The summed E-state index contributed by atoms with van der Waals surface area (Å²) >= 11 is 2.36. The van der Waals surface area contributed by atoms with Crippen LogP contribution in [-0.2, 0) is 0 Å². The Morgan fingerprint density at radius 3 is 2.94 bits per heavy atom. The van der Waals surface area contributed by atoms with Crippen molar-refractivity contribution in [3.05, 3.63) is 27.3 Å². The monoisotopic (exact) mass is 330 g/mol. The van der Waals surface area contributed by atoms with Crippen molar-refractivity contribution in [1.29, 1.82) is 0 Å². The third-order valence-corrected chi connectivity index (χ3v) is 3.84. The smallest absolute Gasteiger partial charge is 0.0388 e. The van der Waals surface area contributed by atoms with Gasteiger partial charge in [0.05, 0.1) is 0 Å². The van der Waals surface area contributed by atoms with Crippen molar-refractivity contribution in [2.75, 3.05) is 25.5 Å². The zero-order valence-corrected chi connectivity index (χ0v) is 12.1. The fourth-order valence-corrected chi connectivity index (χ4v) is 2.94. The molecule has 0 aromatic heterocycles. The maximum absolute atomic E-state index is 3.66. The number of benzene rings is 1. The largest absolute Gasteiger partial charge is 0.381 e. The van der Waals surface area contributed by atoms with Crippen molar-refractivity contribution in [3.8, 4) is 0 Å². The van der Waals surface area contributed by atoms with Crippen molar-refractivity contribution in [3.63, 3.8) is 0 Å². The summed E-state index contributed by atoms with van der Waals surface area (Å²) in [6.07, 6.45) is 2.59. The van der Waals surface area contributed by atoms with Gasteiger partial charge in [-0.1, -0.05) is 0 Å². The predicted molar refractivity (Wildman–Crippen MR) is 78.0 cm³/mol. The molecule has 2 nitrogen and oxygen atoms in total. The van der Waals surface area contributed by atoms with E-state index in [0.29, 0.717) is 6.04 Å². The van der Waals surface area contributed by atoms with Crippen molar-refractivity contribution in [2.24, 2.45) is 0 Å². The van der Waals surface area contributed by atoms with Gasteiger partial charge in [0.15, 0.2) is 0 Å². The van der Waals surface area contributed by atoms with Gasteiger partial charge in [-0.25, -0.2) is 0 Å². The van der Waals surface area contributed by atoms with E-state index in [1.54, 1.807) is 0 Å². The molecular weight excluding hydrogens is 311 g/mol. The molecule has 0 amide bonds. The van der Waals surface area contributed by atoms with Crippen LogP contribution in [0.15, 0.2) is 18.2 Å². The van der Waals surface area contributed by atoms with Crippen LogP contribution >= 0.6 is 22.6 Å². The Morgan fingerprint density at radius 2 is 2.25 bits per heavy atom. The molecule has 1 aromatic rings. The number of aryl methyl sites for hydroxylation is 1. The molecule has 1 aliphatic rings. The first kappa shape index (κ1) is 12.2. The van der Waals surface area contributed by atoms with E-state index in [1.807, 2.05) is 0 Å². The summed E-state index contributed by atoms with van der Waals surface area (Å²) in [7, 11) is 2.20. The topological polar surface area (TPSA) is 15.3 Å². The van der Waals surface area contributed by atoms with Crippen molar-refractivity contribution < 1.29 is 0 Å². The van der Waals surface area contributed by atoms with Crippen LogP contribution in [0.3, 0.4) is 0 Å². The average molecular weight is 330 g/mol. The highest BCUT2D eigenvalue weighted by molar-refractivity contribution is 14.1. The molecule has 0 radical (unpaired) electrons. The summed E-state index contributed by atoms with van der Waals surface area (Å²) < 4.78 is 1.31. The number of likely N-dealkylation sites (tertiary alicyclic amines) is 1. The second-order valence-electron chi connectivity index (χ2n) is 4.70. The minimum Gasteiger partial charge on any atom is -0.381 e. The van der Waals surface area contributed by atoms with Crippen LogP contribution < -0.4 is 5.32 Å². The standard InChI is InChI=1S/C13H19IN2/c1-10-8-11(14)5-6-13(10)15-12-4-3-7-16(2)9-12/h5-6,8,12,15H,3-4,7,9H2,1-2H3. The highest BCUT2D eigenvalue weighted by Gasteiger charge is 2.17. The van der Waals surface area contributed by atoms with Crippen LogP contribution in [0.25, 0.3) is 0 Å². The fourth-order valence-electron chi connectivity index (χ4n) is 2.29. The molecule has 1 fully saturated rings. The van der Waals surface area contributed by atoms with Crippen LogP contribution in [0, 0.1) is 10.5 Å². The van der Waals surface area contributed by atoms with Gasteiger partial charge in [0.25, 0.3) is 0 Å². The molecule has 1 aromatic carbocycles. The van der Waals surface area contributed by atoms with Crippen LogP contribution in [0.5, 0.6) is 0 Å². The normalized spacial score (nSPS) is 22.1. The molecule has 1 N–H and O–H groups in total. The van der Waals surface area contributed by atoms with Crippen LogP contribution in [0.2, 0.25) is 0 Å². The van der Waals surface area contributed by atoms with Crippen molar-refractivity contribution in [1.82, 2.24) is 4.90 Å². The summed E-state index contributed by atoms with van der Waals surface area (Å²) in [6.45, 7) is 4.58. The van der Waals surface area contributed by atoms with Gasteiger partial charge in [0.1, 0.15) is 0 Å². The number of halogens is 1. The molecule has 3 heteroatoms. The quantitative estimate of drug-likeness (QED) is 0.839. The van der Waals surface area contributed by atoms with Crippen LogP contribution in [0.1, 0.15) is 18.4 Å². The molecule has 88 valence electrons. The highest BCUT2D eigenvalue weighted by Crippen LogP contribution is 2.21. The molecule has 1 heterocycles. The molecular formula is C13H19IN2. The number of likely N-dealkylation sites (N-methyl/N-ethyl adjacent to an activating group) is 1. The lowest BCUT2D eigenvalue weighted by atomic mass is 10.1. The Labute approximate surface area is 112 Å². The number of piperidine rings is 1. The summed E-state index contributed by atoms with van der Waals surface area (Å²) in [6, 6.07) is 7.21. The van der Waals surface area contributed by atoms with Crippen LogP contribution in [0.4, 0.5) is 5.69 Å². The van der Waals surface area contributed by atoms with E-state index >= 15 is 0 Å². The van der Waals surface area contributed by atoms with Gasteiger partial charge in [-0.3, -0.25) is 0 Å². The number of hydrogen-bond donors (Lipinski definition) is 1. The van der Waals surface area contributed by atoms with E-state index in [1.165, 1.54) is 34.2 Å². The SMILES string of the molecule is Cc1cc(I)ccc1NC1CCCN(C)C1. The van der Waals surface area contributed by atoms with Gasteiger partial charge in [-0.15, -0.1) is 0 Å². The van der Waals surface area contributed by atoms with Gasteiger partial charge in [-0.2, -0.15) is 0 Å². The zero-order chi connectivity index (χ0) is 11.5. The highest BCUT2D eigenvalue weighted by atomic mass is 127. The van der Waals surface area contributed by atoms with Gasteiger partial charge in [0.2, 0.25) is 0 Å². The predicted octanol–water partition coefficient (Wildman–Crippen LogP) is 3.11. The number of nitrogens with one attached hydrogen (secondary N) is 1. The van der Waals surface area contributed by atoms with E-state index in [0.717, 1.165) is 6.54 Å². The van der Waals surface area contributed by atoms with Crippen molar-refractivity contribution in [2.45, 2.75) is 25.8 Å². The Balaban J connectivity index is 2.02. The first-order chi connectivity index (χ1) is 7.65.